The molecule has 5 unspecified atom stereocenters. The van der Waals surface area contributed by atoms with Crippen molar-refractivity contribution in [3.63, 3.8) is 0 Å². The van der Waals surface area contributed by atoms with Gasteiger partial charge in [-0.25, -0.2) is 4.79 Å². The predicted octanol–water partition coefficient (Wildman–Crippen LogP) is 4.41. The summed E-state index contributed by atoms with van der Waals surface area (Å²) in [7, 11) is 1.11. The van der Waals surface area contributed by atoms with Crippen molar-refractivity contribution in [2.45, 2.75) is 85.1 Å². The van der Waals surface area contributed by atoms with Gasteiger partial charge in [0.1, 0.15) is 11.5 Å². The number of hydrogen-bond acceptors (Lipinski definition) is 12. The summed E-state index contributed by atoms with van der Waals surface area (Å²) >= 11 is 0. The molecule has 0 saturated carbocycles. The quantitative estimate of drug-likeness (QED) is 0.150. The van der Waals surface area contributed by atoms with Gasteiger partial charge in [0.05, 0.1) is 7.11 Å². The predicted molar refractivity (Wildman–Crippen MR) is 160 cm³/mol. The molecule has 0 bridgehead atoms. The fraction of sp³-hybridized carbons (Fsp3) is 0.424. The molecular formula is C33H38O12. The first-order valence-corrected chi connectivity index (χ1v) is 14.4. The van der Waals surface area contributed by atoms with Gasteiger partial charge in [-0.3, -0.25) is 19.2 Å². The van der Waals surface area contributed by atoms with Gasteiger partial charge < -0.3 is 33.2 Å². The Morgan fingerprint density at radius 2 is 1.07 bits per heavy atom. The zero-order valence-electron chi connectivity index (χ0n) is 26.3. The summed E-state index contributed by atoms with van der Waals surface area (Å²) in [5.41, 5.74) is 4.10. The van der Waals surface area contributed by atoms with E-state index in [0.29, 0.717) is 5.75 Å². The van der Waals surface area contributed by atoms with Crippen molar-refractivity contribution in [2.75, 3.05) is 7.11 Å². The van der Waals surface area contributed by atoms with Crippen LogP contribution in [0, 0.1) is 0 Å². The maximum absolute atomic E-state index is 12.7. The minimum absolute atomic E-state index is 0.288. The van der Waals surface area contributed by atoms with E-state index in [9.17, 15) is 24.0 Å². The number of methoxy groups -OCH3 is 1. The molecule has 1 saturated heterocycles. The van der Waals surface area contributed by atoms with E-state index in [4.69, 9.17) is 33.2 Å². The fourth-order valence-corrected chi connectivity index (χ4v) is 5.12. The van der Waals surface area contributed by atoms with Crippen LogP contribution < -0.4 is 9.47 Å². The van der Waals surface area contributed by atoms with E-state index in [1.54, 1.807) is 24.3 Å². The molecule has 0 amide bonds. The number of benzene rings is 2. The van der Waals surface area contributed by atoms with Crippen LogP contribution in [0.2, 0.25) is 0 Å². The van der Waals surface area contributed by atoms with Crippen LogP contribution in [0.5, 0.6) is 11.5 Å². The molecule has 3 rings (SSSR count). The molecule has 12 heteroatoms. The highest BCUT2D eigenvalue weighted by Gasteiger charge is 2.55. The lowest BCUT2D eigenvalue weighted by Gasteiger charge is -2.43. The Morgan fingerprint density at radius 3 is 1.49 bits per heavy atom. The minimum atomic E-state index is -1.56. The van der Waals surface area contributed by atoms with Crippen LogP contribution >= 0.6 is 0 Å². The van der Waals surface area contributed by atoms with Crippen molar-refractivity contribution in [3.05, 3.63) is 59.7 Å². The molecule has 12 nitrogen and oxygen atoms in total. The second-order valence-corrected chi connectivity index (χ2v) is 10.1. The van der Waals surface area contributed by atoms with E-state index in [0.717, 1.165) is 63.0 Å². The molecule has 0 aromatic heterocycles. The summed E-state index contributed by atoms with van der Waals surface area (Å²) in [5, 5.41) is 0. The van der Waals surface area contributed by atoms with Gasteiger partial charge in [-0.05, 0) is 59.4 Å². The maximum Gasteiger partial charge on any atom is 0.339 e. The fourth-order valence-electron chi connectivity index (χ4n) is 5.12. The Kier molecular flexibility index (Phi) is 12.2. The van der Waals surface area contributed by atoms with Crippen molar-refractivity contribution >= 4 is 41.0 Å². The molecule has 2 aromatic carbocycles. The average molecular weight is 627 g/mol. The Labute approximate surface area is 261 Å². The van der Waals surface area contributed by atoms with Crippen LogP contribution in [-0.2, 0) is 47.7 Å². The number of carbonyl (C=O) groups excluding carboxylic acids is 5. The topological polar surface area (TPSA) is 150 Å². The maximum atomic E-state index is 12.7. The zero-order chi connectivity index (χ0) is 33.3. The standard InChI is InChI=1S/C33H38O12/c1-8-26(22-10-14-24(15-11-22)40-18(3)34)27(9-2)23-12-16-25(17-13-23)44-33-31(43-21(6)37)29(42-20(5)36)28(41-19(4)35)30(45-33)32(38)39-7/h10-17,28-31,33H,8-9H2,1-7H3/b27-26+. The van der Waals surface area contributed by atoms with Crippen LogP contribution in [0.3, 0.4) is 0 Å². The third-order valence-corrected chi connectivity index (χ3v) is 6.83. The molecule has 0 N–H and O–H groups in total. The molecule has 5 atom stereocenters. The van der Waals surface area contributed by atoms with Gasteiger partial charge in [0.25, 0.3) is 0 Å². The summed E-state index contributed by atoms with van der Waals surface area (Å²) in [6.07, 6.45) is -5.91. The minimum Gasteiger partial charge on any atom is -0.467 e. The molecule has 1 fully saturated rings. The lowest BCUT2D eigenvalue weighted by Crippen LogP contribution is -2.64. The van der Waals surface area contributed by atoms with Crippen molar-refractivity contribution in [1.82, 2.24) is 0 Å². The summed E-state index contributed by atoms with van der Waals surface area (Å²) < 4.78 is 38.0. The van der Waals surface area contributed by atoms with Crippen LogP contribution in [0.15, 0.2) is 48.5 Å². The molecule has 0 radical (unpaired) electrons. The summed E-state index contributed by atoms with van der Waals surface area (Å²) in [4.78, 5) is 60.0. The van der Waals surface area contributed by atoms with E-state index < -0.39 is 60.6 Å². The van der Waals surface area contributed by atoms with Crippen molar-refractivity contribution in [2.24, 2.45) is 0 Å². The SMILES string of the molecule is CC/C(=C(/CC)c1ccc(OC2OC(C(=O)OC)C(OC(C)=O)C(OC(C)=O)C2OC(C)=O)cc1)c1ccc(OC(C)=O)cc1. The highest BCUT2D eigenvalue weighted by atomic mass is 16.7. The lowest BCUT2D eigenvalue weighted by molar-refractivity contribution is -0.282. The summed E-state index contributed by atoms with van der Waals surface area (Å²) in [5.74, 6) is -2.90. The van der Waals surface area contributed by atoms with Crippen LogP contribution in [0.1, 0.15) is 65.5 Å². The van der Waals surface area contributed by atoms with Crippen LogP contribution in [0.25, 0.3) is 11.1 Å². The van der Waals surface area contributed by atoms with Crippen LogP contribution in [0.4, 0.5) is 0 Å². The summed E-state index contributed by atoms with van der Waals surface area (Å²) in [6.45, 7) is 8.80. The third kappa shape index (κ3) is 9.15. The van der Waals surface area contributed by atoms with E-state index >= 15 is 0 Å². The number of ether oxygens (including phenoxy) is 7. The van der Waals surface area contributed by atoms with Gasteiger partial charge in [0.2, 0.25) is 12.4 Å². The van der Waals surface area contributed by atoms with Crippen LogP contribution in [-0.4, -0.2) is 67.7 Å². The zero-order valence-corrected chi connectivity index (χ0v) is 26.3. The third-order valence-electron chi connectivity index (χ3n) is 6.83. The molecule has 0 aliphatic carbocycles. The largest absolute Gasteiger partial charge is 0.467 e. The Bertz CT molecular complexity index is 1410. The molecule has 45 heavy (non-hydrogen) atoms. The van der Waals surface area contributed by atoms with Gasteiger partial charge in [-0.2, -0.15) is 0 Å². The molecule has 0 spiro atoms. The smallest absolute Gasteiger partial charge is 0.339 e. The molecule has 2 aromatic rings. The van der Waals surface area contributed by atoms with E-state index in [1.165, 1.54) is 6.92 Å². The number of rotatable bonds is 11. The van der Waals surface area contributed by atoms with E-state index in [1.807, 2.05) is 31.2 Å². The normalized spacial score (nSPS) is 21.4. The second-order valence-electron chi connectivity index (χ2n) is 10.1. The van der Waals surface area contributed by atoms with Gasteiger partial charge in [-0.15, -0.1) is 0 Å². The van der Waals surface area contributed by atoms with Crippen molar-refractivity contribution in [1.29, 1.82) is 0 Å². The first-order chi connectivity index (χ1) is 21.4. The first kappa shape index (κ1) is 34.8. The van der Waals surface area contributed by atoms with Gasteiger partial charge >= 0.3 is 29.8 Å². The molecule has 1 aliphatic rings. The number of carbonyl (C=O) groups is 5. The van der Waals surface area contributed by atoms with E-state index in [2.05, 4.69) is 6.92 Å². The van der Waals surface area contributed by atoms with Gasteiger partial charge in [-0.1, -0.05) is 38.1 Å². The monoisotopic (exact) mass is 626 g/mol. The Morgan fingerprint density at radius 1 is 0.622 bits per heavy atom. The first-order valence-electron chi connectivity index (χ1n) is 14.4. The number of hydrogen-bond donors (Lipinski definition) is 0. The molecule has 1 heterocycles. The van der Waals surface area contributed by atoms with Crippen molar-refractivity contribution < 1.29 is 57.1 Å². The van der Waals surface area contributed by atoms with Crippen molar-refractivity contribution in [3.8, 4) is 11.5 Å². The second kappa shape index (κ2) is 15.8. The Hall–Kier alpha value is -4.71. The van der Waals surface area contributed by atoms with E-state index in [-0.39, 0.29) is 5.75 Å². The molecular weight excluding hydrogens is 588 g/mol. The highest BCUT2D eigenvalue weighted by molar-refractivity contribution is 5.91. The molecule has 1 aliphatic heterocycles. The molecule has 242 valence electrons. The lowest BCUT2D eigenvalue weighted by atomic mass is 9.91. The Balaban J connectivity index is 1.96. The number of allylic oxidation sites excluding steroid dienone is 2. The summed E-state index contributed by atoms with van der Waals surface area (Å²) in [6, 6.07) is 14.4. The van der Waals surface area contributed by atoms with Gasteiger partial charge in [0.15, 0.2) is 18.3 Å². The van der Waals surface area contributed by atoms with Gasteiger partial charge in [0, 0.05) is 27.7 Å². The number of esters is 5. The average Bonchev–Trinajstić information content (AvgIpc) is 2.98. The highest BCUT2D eigenvalue weighted by Crippen LogP contribution is 2.35.